The SMILES string of the molecule is Cc1cc(CN(C)C(=O)c2ncc(Br)cc2C)no1. The van der Waals surface area contributed by atoms with Crippen LogP contribution in [0.25, 0.3) is 0 Å². The van der Waals surface area contributed by atoms with Crippen LogP contribution in [0.5, 0.6) is 0 Å². The second kappa shape index (κ2) is 5.52. The van der Waals surface area contributed by atoms with Gasteiger partial charge < -0.3 is 9.42 Å². The van der Waals surface area contributed by atoms with E-state index in [2.05, 4.69) is 26.1 Å². The van der Waals surface area contributed by atoms with E-state index < -0.39 is 0 Å². The van der Waals surface area contributed by atoms with Crippen molar-refractivity contribution in [2.75, 3.05) is 7.05 Å². The first kappa shape index (κ1) is 13.7. The van der Waals surface area contributed by atoms with Crippen LogP contribution >= 0.6 is 15.9 Å². The Labute approximate surface area is 119 Å². The molecule has 0 fully saturated rings. The molecule has 0 aromatic carbocycles. The van der Waals surface area contributed by atoms with Crippen LogP contribution in [0.3, 0.4) is 0 Å². The molecule has 2 aromatic heterocycles. The van der Waals surface area contributed by atoms with Gasteiger partial charge in [-0.1, -0.05) is 5.16 Å². The van der Waals surface area contributed by atoms with Crippen LogP contribution in [0, 0.1) is 13.8 Å². The summed E-state index contributed by atoms with van der Waals surface area (Å²) < 4.78 is 5.84. The van der Waals surface area contributed by atoms with E-state index in [-0.39, 0.29) is 5.91 Å². The second-order valence-corrected chi connectivity index (χ2v) is 5.32. The normalized spacial score (nSPS) is 10.5. The maximum atomic E-state index is 12.3. The molecule has 0 aliphatic heterocycles. The van der Waals surface area contributed by atoms with Gasteiger partial charge in [0.05, 0.1) is 6.54 Å². The number of aromatic nitrogens is 2. The molecule has 0 N–H and O–H groups in total. The zero-order valence-electron chi connectivity index (χ0n) is 11.0. The molecule has 0 radical (unpaired) electrons. The molecule has 19 heavy (non-hydrogen) atoms. The maximum absolute atomic E-state index is 12.3. The number of pyridine rings is 1. The van der Waals surface area contributed by atoms with E-state index in [1.807, 2.05) is 26.0 Å². The molecule has 0 aliphatic carbocycles. The van der Waals surface area contributed by atoms with Gasteiger partial charge in [0.25, 0.3) is 5.91 Å². The number of nitrogens with zero attached hydrogens (tertiary/aromatic N) is 3. The summed E-state index contributed by atoms with van der Waals surface area (Å²) in [6.45, 7) is 4.07. The van der Waals surface area contributed by atoms with Gasteiger partial charge in [-0.2, -0.15) is 0 Å². The molecule has 100 valence electrons. The number of hydrogen-bond donors (Lipinski definition) is 0. The highest BCUT2D eigenvalue weighted by Crippen LogP contribution is 2.15. The highest BCUT2D eigenvalue weighted by Gasteiger charge is 2.17. The summed E-state index contributed by atoms with van der Waals surface area (Å²) in [4.78, 5) is 18.0. The van der Waals surface area contributed by atoms with Gasteiger partial charge in [0.2, 0.25) is 0 Å². The predicted octanol–water partition coefficient (Wildman–Crippen LogP) is 2.72. The predicted molar refractivity (Wildman–Crippen MR) is 73.7 cm³/mol. The molecule has 2 rings (SSSR count). The number of carbonyl (C=O) groups excluding carboxylic acids is 1. The van der Waals surface area contributed by atoms with E-state index in [0.717, 1.165) is 21.5 Å². The molecule has 6 heteroatoms. The molecule has 0 aliphatic rings. The van der Waals surface area contributed by atoms with E-state index in [9.17, 15) is 4.79 Å². The monoisotopic (exact) mass is 323 g/mol. The van der Waals surface area contributed by atoms with E-state index >= 15 is 0 Å². The minimum atomic E-state index is -0.134. The molecule has 5 nitrogen and oxygen atoms in total. The Morgan fingerprint density at radius 1 is 1.42 bits per heavy atom. The molecule has 0 spiro atoms. The van der Waals surface area contributed by atoms with Crippen LogP contribution in [-0.2, 0) is 6.54 Å². The quantitative estimate of drug-likeness (QED) is 0.871. The third kappa shape index (κ3) is 3.20. The minimum Gasteiger partial charge on any atom is -0.361 e. The van der Waals surface area contributed by atoms with Gasteiger partial charge in [-0.05, 0) is 41.4 Å². The van der Waals surface area contributed by atoms with Crippen molar-refractivity contribution in [3.63, 3.8) is 0 Å². The van der Waals surface area contributed by atoms with Crippen molar-refractivity contribution >= 4 is 21.8 Å². The van der Waals surface area contributed by atoms with Crippen molar-refractivity contribution in [1.29, 1.82) is 0 Å². The number of carbonyl (C=O) groups is 1. The van der Waals surface area contributed by atoms with E-state index in [1.165, 1.54) is 0 Å². The van der Waals surface area contributed by atoms with Crippen LogP contribution < -0.4 is 0 Å². The van der Waals surface area contributed by atoms with Crippen LogP contribution in [0.1, 0.15) is 27.5 Å². The third-order valence-corrected chi connectivity index (χ3v) is 3.10. The molecule has 0 bridgehead atoms. The number of rotatable bonds is 3. The first-order valence-electron chi connectivity index (χ1n) is 5.77. The van der Waals surface area contributed by atoms with Crippen molar-refractivity contribution in [2.45, 2.75) is 20.4 Å². The van der Waals surface area contributed by atoms with Gasteiger partial charge in [0, 0.05) is 23.8 Å². The lowest BCUT2D eigenvalue weighted by atomic mass is 10.2. The molecule has 0 atom stereocenters. The first-order chi connectivity index (χ1) is 8.97. The Kier molecular flexibility index (Phi) is 3.99. The summed E-state index contributed by atoms with van der Waals surface area (Å²) in [5.41, 5.74) is 2.01. The van der Waals surface area contributed by atoms with Crippen LogP contribution in [-0.4, -0.2) is 28.0 Å². The molecule has 0 saturated heterocycles. The van der Waals surface area contributed by atoms with Crippen molar-refractivity contribution < 1.29 is 9.32 Å². The molecule has 0 unspecified atom stereocenters. The zero-order valence-corrected chi connectivity index (χ0v) is 12.6. The average molecular weight is 324 g/mol. The topological polar surface area (TPSA) is 59.2 Å². The smallest absolute Gasteiger partial charge is 0.272 e. The summed E-state index contributed by atoms with van der Waals surface area (Å²) >= 11 is 3.33. The van der Waals surface area contributed by atoms with Crippen LogP contribution in [0.4, 0.5) is 0 Å². The fraction of sp³-hybridized carbons (Fsp3) is 0.308. The summed E-state index contributed by atoms with van der Waals surface area (Å²) in [5.74, 6) is 0.597. The summed E-state index contributed by atoms with van der Waals surface area (Å²) in [6.07, 6.45) is 1.62. The zero-order chi connectivity index (χ0) is 14.0. The molecular formula is C13H14BrN3O2. The Morgan fingerprint density at radius 2 is 2.16 bits per heavy atom. The fourth-order valence-electron chi connectivity index (χ4n) is 1.75. The van der Waals surface area contributed by atoms with E-state index in [0.29, 0.717) is 12.2 Å². The highest BCUT2D eigenvalue weighted by molar-refractivity contribution is 9.10. The second-order valence-electron chi connectivity index (χ2n) is 4.41. The highest BCUT2D eigenvalue weighted by atomic mass is 79.9. The average Bonchev–Trinajstić information content (AvgIpc) is 2.74. The van der Waals surface area contributed by atoms with Gasteiger partial charge in [-0.15, -0.1) is 0 Å². The number of aryl methyl sites for hydroxylation is 2. The van der Waals surface area contributed by atoms with Gasteiger partial charge in [-0.3, -0.25) is 4.79 Å². The van der Waals surface area contributed by atoms with Crippen molar-refractivity contribution in [1.82, 2.24) is 15.0 Å². The largest absolute Gasteiger partial charge is 0.361 e. The minimum absolute atomic E-state index is 0.134. The molecule has 2 aromatic rings. The Balaban J connectivity index is 2.14. The Morgan fingerprint density at radius 3 is 2.74 bits per heavy atom. The molecule has 1 amide bonds. The number of amides is 1. The summed E-state index contributed by atoms with van der Waals surface area (Å²) in [6, 6.07) is 3.68. The van der Waals surface area contributed by atoms with E-state index in [4.69, 9.17) is 4.52 Å². The van der Waals surface area contributed by atoms with Crippen LogP contribution in [0.15, 0.2) is 27.3 Å². The summed E-state index contributed by atoms with van der Waals surface area (Å²) in [5, 5.41) is 3.87. The van der Waals surface area contributed by atoms with E-state index in [1.54, 1.807) is 18.1 Å². The standard InChI is InChI=1S/C13H14BrN3O2/c1-8-4-10(14)6-15-12(8)13(18)17(3)7-11-5-9(2)19-16-11/h4-6H,7H2,1-3H3. The van der Waals surface area contributed by atoms with Crippen molar-refractivity contribution in [3.8, 4) is 0 Å². The van der Waals surface area contributed by atoms with Gasteiger partial charge >= 0.3 is 0 Å². The summed E-state index contributed by atoms with van der Waals surface area (Å²) in [7, 11) is 1.72. The van der Waals surface area contributed by atoms with Gasteiger partial charge in [0.1, 0.15) is 17.1 Å². The first-order valence-corrected chi connectivity index (χ1v) is 6.56. The van der Waals surface area contributed by atoms with Crippen molar-refractivity contribution in [3.05, 3.63) is 45.5 Å². The lowest BCUT2D eigenvalue weighted by Crippen LogP contribution is -2.27. The number of halogens is 1. The molecular weight excluding hydrogens is 310 g/mol. The lowest BCUT2D eigenvalue weighted by Gasteiger charge is -2.16. The van der Waals surface area contributed by atoms with Gasteiger partial charge in [-0.25, -0.2) is 4.98 Å². The van der Waals surface area contributed by atoms with Gasteiger partial charge in [0.15, 0.2) is 0 Å². The Hall–Kier alpha value is -1.69. The Bertz CT molecular complexity index is 610. The van der Waals surface area contributed by atoms with Crippen molar-refractivity contribution in [2.24, 2.45) is 0 Å². The number of hydrogen-bond acceptors (Lipinski definition) is 4. The lowest BCUT2D eigenvalue weighted by molar-refractivity contribution is 0.0775. The van der Waals surface area contributed by atoms with Crippen LogP contribution in [0.2, 0.25) is 0 Å². The molecule has 0 saturated carbocycles. The molecule has 2 heterocycles. The third-order valence-electron chi connectivity index (χ3n) is 2.67. The fourth-order valence-corrected chi connectivity index (χ4v) is 2.20. The maximum Gasteiger partial charge on any atom is 0.272 e.